The lowest BCUT2D eigenvalue weighted by atomic mass is 10.0. The number of hydrogen-bond acceptors (Lipinski definition) is 26. The number of aromatic nitrogens is 8. The maximum absolute atomic E-state index is 10.9. The number of alkyl halides is 2. The van der Waals surface area contributed by atoms with Crippen LogP contribution in [0.2, 0.25) is 15.9 Å². The number of anilines is 1. The van der Waals surface area contributed by atoms with E-state index in [0.717, 1.165) is 46.5 Å². The number of ketones is 3. The largest absolute Gasteiger partial charge is 0.383 e. The zero-order valence-corrected chi connectivity index (χ0v) is 56.4. The van der Waals surface area contributed by atoms with Gasteiger partial charge in [0.1, 0.15) is 53.3 Å². The van der Waals surface area contributed by atoms with E-state index in [1.54, 1.807) is 49.0 Å². The molecule has 2 atom stereocenters. The highest BCUT2D eigenvalue weighted by Gasteiger charge is 2.25. The highest BCUT2D eigenvalue weighted by Crippen LogP contribution is 2.16. The SMILES string of the molecule is C.C1CCOC1.CC(=O)CC(N)=O.COC(CBr)OC.COC(CC(C#N)C(C)=O)OC.COC(CC(C(C)=O)C(N)=O)OC.COC(CCC#N)OC.COC(Cc1c(C)ncnc1N)OC.Cc1ncnc2[nH]ccc12.Clc1nc(Cl)nc(Cl)n1.[2H]CF. The summed E-state index contributed by atoms with van der Waals surface area (Å²) in [5.74, 6) is -2.80. The summed E-state index contributed by atoms with van der Waals surface area (Å²) in [4.78, 5) is 81.8. The van der Waals surface area contributed by atoms with Crippen LogP contribution in [-0.2, 0) is 82.5 Å². The Morgan fingerprint density at radius 2 is 1.15 bits per heavy atom. The summed E-state index contributed by atoms with van der Waals surface area (Å²) < 4.78 is 69.2. The molecule has 2 unspecified atom stereocenters. The van der Waals surface area contributed by atoms with Crippen molar-refractivity contribution in [1.82, 2.24) is 39.9 Å². The molecular weight excluding hydrogens is 1300 g/mol. The molecular formula is C55H92BrCl3FN13O16. The Bertz CT molecular complexity index is 2460. The van der Waals surface area contributed by atoms with Crippen LogP contribution >= 0.6 is 50.7 Å². The molecule has 1 aliphatic rings. The topological polar surface area (TPSA) is 419 Å². The number of nitrogen functional groups attached to an aromatic ring is 1. The molecule has 4 aromatic heterocycles. The second-order valence-corrected chi connectivity index (χ2v) is 18.4. The number of aromatic amines is 1. The van der Waals surface area contributed by atoms with Crippen molar-refractivity contribution in [2.45, 2.75) is 125 Å². The molecule has 0 spiro atoms. The predicted molar refractivity (Wildman–Crippen MR) is 337 cm³/mol. The van der Waals surface area contributed by atoms with Crippen molar-refractivity contribution in [3.05, 3.63) is 57.7 Å². The van der Waals surface area contributed by atoms with Crippen LogP contribution in [0.15, 0.2) is 24.9 Å². The minimum absolute atomic E-state index is 0. The number of primary amides is 2. The summed E-state index contributed by atoms with van der Waals surface area (Å²) in [6.07, 6.45) is 7.77. The van der Waals surface area contributed by atoms with Gasteiger partial charge in [0.2, 0.25) is 27.7 Å². The van der Waals surface area contributed by atoms with Crippen LogP contribution in [0.5, 0.6) is 0 Å². The smallest absolute Gasteiger partial charge is 0.228 e. The molecule has 0 aromatic carbocycles. The number of carbonyl (C=O) groups excluding carboxylic acids is 5. The van der Waals surface area contributed by atoms with E-state index in [1.807, 2.05) is 38.2 Å². The van der Waals surface area contributed by atoms with Gasteiger partial charge in [-0.25, -0.2) is 19.9 Å². The normalized spacial score (nSPS) is 11.4. The van der Waals surface area contributed by atoms with Gasteiger partial charge in [0, 0.05) is 139 Å². The molecule has 5 heterocycles. The summed E-state index contributed by atoms with van der Waals surface area (Å²) in [7, 11) is 14.3. The van der Waals surface area contributed by atoms with Crippen molar-refractivity contribution in [3.8, 4) is 12.1 Å². The van der Waals surface area contributed by atoms with Crippen LogP contribution < -0.4 is 17.2 Å². The number of nitrogens with two attached hydrogens (primary N) is 3. The molecule has 1 saturated heterocycles. The van der Waals surface area contributed by atoms with E-state index in [9.17, 15) is 28.4 Å². The maximum Gasteiger partial charge on any atom is 0.228 e. The number of nitrogens with zero attached hydrogens (tertiary/aromatic N) is 9. The van der Waals surface area contributed by atoms with Gasteiger partial charge in [0.15, 0.2) is 31.5 Å². The molecule has 4 aromatic rings. The van der Waals surface area contributed by atoms with Gasteiger partial charge in [-0.1, -0.05) is 23.4 Å². The summed E-state index contributed by atoms with van der Waals surface area (Å²) in [5.41, 5.74) is 19.0. The number of ether oxygens (including phenoxy) is 11. The van der Waals surface area contributed by atoms with E-state index in [1.165, 1.54) is 68.4 Å². The zero-order chi connectivity index (χ0) is 69.3. The van der Waals surface area contributed by atoms with E-state index in [2.05, 4.69) is 61.5 Å². The number of methoxy groups -OCH3 is 10. The van der Waals surface area contributed by atoms with Gasteiger partial charge in [-0.15, -0.1) is 0 Å². The summed E-state index contributed by atoms with van der Waals surface area (Å²) in [6.45, 7) is 9.88. The Morgan fingerprint density at radius 1 is 0.708 bits per heavy atom. The molecule has 5 rings (SSSR count). The Balaban J connectivity index is -0.000000222. The number of rotatable bonds is 24. The van der Waals surface area contributed by atoms with Crippen molar-refractivity contribution in [1.29, 1.82) is 10.5 Å². The van der Waals surface area contributed by atoms with Crippen molar-refractivity contribution in [3.63, 3.8) is 0 Å². The van der Waals surface area contributed by atoms with Crippen LogP contribution in [0.25, 0.3) is 11.0 Å². The molecule has 7 N–H and O–H groups in total. The lowest BCUT2D eigenvalue weighted by molar-refractivity contribution is -0.143. The number of H-pyrrole nitrogens is 1. The Hall–Kier alpha value is -5.72. The Morgan fingerprint density at radius 3 is 1.45 bits per heavy atom. The molecule has 508 valence electrons. The minimum atomic E-state index is -1.00. The first-order valence-electron chi connectivity index (χ1n) is 26.5. The van der Waals surface area contributed by atoms with E-state index in [-0.39, 0.29) is 72.3 Å². The number of aryl methyl sites for hydroxylation is 2. The fourth-order valence-electron chi connectivity index (χ4n) is 5.75. The zero-order valence-electron chi connectivity index (χ0n) is 53.5. The minimum Gasteiger partial charge on any atom is -0.383 e. The molecule has 0 radical (unpaired) electrons. The van der Waals surface area contributed by atoms with E-state index in [4.69, 9.17) is 110 Å². The molecule has 29 nitrogen and oxygen atoms in total. The highest BCUT2D eigenvalue weighted by molar-refractivity contribution is 9.09. The van der Waals surface area contributed by atoms with Crippen molar-refractivity contribution in [2.24, 2.45) is 23.3 Å². The lowest BCUT2D eigenvalue weighted by Gasteiger charge is -2.16. The average Bonchev–Trinajstić information content (AvgIpc) is 4.12. The summed E-state index contributed by atoms with van der Waals surface area (Å²) >= 11 is 19.1. The van der Waals surface area contributed by atoms with Gasteiger partial charge in [0.25, 0.3) is 0 Å². The first kappa shape index (κ1) is 92.0. The Labute approximate surface area is 547 Å². The third kappa shape index (κ3) is 51.7. The van der Waals surface area contributed by atoms with Crippen LogP contribution in [0, 0.1) is 48.3 Å². The summed E-state index contributed by atoms with van der Waals surface area (Å²) in [6, 6.07) is 5.87. The quantitative estimate of drug-likeness (QED) is 0.0301. The van der Waals surface area contributed by atoms with Crippen molar-refractivity contribution >= 4 is 96.7 Å². The van der Waals surface area contributed by atoms with Crippen LogP contribution in [0.4, 0.5) is 10.2 Å². The molecule has 2 amide bonds. The third-order valence-corrected chi connectivity index (χ3v) is 11.5. The maximum atomic E-state index is 10.9. The number of amides is 2. The van der Waals surface area contributed by atoms with Gasteiger partial charge in [-0.3, -0.25) is 28.4 Å². The number of nitrogens with one attached hydrogen (secondary N) is 1. The first-order chi connectivity index (χ1) is 42.1. The molecule has 0 aliphatic carbocycles. The second-order valence-electron chi connectivity index (χ2n) is 16.7. The van der Waals surface area contributed by atoms with E-state index >= 15 is 0 Å². The number of carbonyl (C=O) groups is 5. The number of halogens is 5. The molecule has 89 heavy (non-hydrogen) atoms. The molecule has 1 fully saturated rings. The number of hydrogen-bond donors (Lipinski definition) is 4. The first-order valence-corrected chi connectivity index (χ1v) is 28.1. The molecule has 34 heteroatoms. The monoisotopic (exact) mass is 1390 g/mol. The van der Waals surface area contributed by atoms with Crippen LogP contribution in [0.1, 0.15) is 91.5 Å². The van der Waals surface area contributed by atoms with E-state index < -0.39 is 43.4 Å². The number of nitriles is 2. The van der Waals surface area contributed by atoms with Gasteiger partial charge < -0.3 is 74.3 Å². The van der Waals surface area contributed by atoms with Gasteiger partial charge in [-0.05, 0) is 88.3 Å². The van der Waals surface area contributed by atoms with Crippen LogP contribution in [-0.4, -0.2) is 197 Å². The number of Topliss-reactive ketones (excluding diaryl/α,β-unsaturated/α-hetero) is 3. The fourth-order valence-corrected chi connectivity index (χ4v) is 6.89. The Kier molecular flexibility index (Phi) is 64.6. The van der Waals surface area contributed by atoms with Crippen molar-refractivity contribution in [2.75, 3.05) is 103 Å². The average molecular weight is 1400 g/mol. The third-order valence-electron chi connectivity index (χ3n) is 10.5. The standard InChI is InChI=1S/C9H15N3O2.C8H15NO4.C8H13NO3.C7H7N3.C6H11NO2.C4H9BrO2.C4H7NO2.C4H8O.C3Cl3N3.CH3F.CH4/c1-6-7(4-8(13-2)14-3)9(10)12-5-11-6;1-5(10)6(8(9)11)4-7(12-2)13-3;1-6(10)7(5-9)4-8(11-2)12-3;1-5-6-2-3-8-7(6)10-4-9-5;1-8-6(9-2)4-3-5-7;1-6-4(3-5)7-2;1-3(6)2-4(5)7;1-2-4-5-3-1;4-1-7-2(5)9-3(6)8-1;1-2;/h5,8H,4H2,1-3H3,(H2,10,11,12);6-7H,4H2,1-3H3,(H2,9,11);7-8H,4H2,1-3H3;2-4H,1H3,(H,8,9,10);6H,3-4H2,1-2H3;4H,3H2,1-2H3;2H2,1H3,(H2,5,7);1-4H2;;1H3;1H4/i;;;;;;;;;1D;. The van der Waals surface area contributed by atoms with E-state index in [0.29, 0.717) is 31.5 Å². The molecule has 0 saturated carbocycles. The van der Waals surface area contributed by atoms with Gasteiger partial charge in [-0.2, -0.15) is 25.5 Å². The summed E-state index contributed by atoms with van der Waals surface area (Å²) in [5, 5.41) is 18.5. The predicted octanol–water partition coefficient (Wildman–Crippen LogP) is 7.42. The fraction of sp³-hybridized carbons (Fsp3) is 0.636. The highest BCUT2D eigenvalue weighted by atomic mass is 79.9. The molecule has 0 bridgehead atoms. The van der Waals surface area contributed by atoms with Crippen LogP contribution in [0.3, 0.4) is 0 Å². The van der Waals surface area contributed by atoms with Gasteiger partial charge in [0.05, 0.1) is 38.1 Å². The number of fused-ring (bicyclic) bond motifs is 1. The second kappa shape index (κ2) is 62.5. The lowest BCUT2D eigenvalue weighted by Crippen LogP contribution is -2.33. The van der Waals surface area contributed by atoms with Crippen molar-refractivity contribution < 1.29 is 81.8 Å². The molecule has 1 aliphatic heterocycles. The van der Waals surface area contributed by atoms with Gasteiger partial charge >= 0.3 is 0 Å².